The lowest BCUT2D eigenvalue weighted by Gasteiger charge is -2.41. The number of ketones is 1. The minimum Gasteiger partial charge on any atom is -0.478 e. The Labute approximate surface area is 245 Å². The lowest BCUT2D eigenvalue weighted by atomic mass is 9.59. The summed E-state index contributed by atoms with van der Waals surface area (Å²) in [6.45, 7) is 0. The van der Waals surface area contributed by atoms with E-state index in [1.54, 1.807) is 36.4 Å². The smallest absolute Gasteiger partial charge is 0.328 e. The van der Waals surface area contributed by atoms with Crippen molar-refractivity contribution in [2.75, 3.05) is 10.6 Å². The molecule has 212 valence electrons. The highest BCUT2D eigenvalue weighted by atomic mass is 16.4. The molecule has 0 spiro atoms. The van der Waals surface area contributed by atoms with Gasteiger partial charge in [0.15, 0.2) is 5.78 Å². The molecule has 9 heteroatoms. The van der Waals surface area contributed by atoms with Gasteiger partial charge in [0, 0.05) is 46.8 Å². The van der Waals surface area contributed by atoms with Crippen LogP contribution in [0.5, 0.6) is 0 Å². The Hall–Kier alpha value is -6.09. The number of hydrogen-bond donors (Lipinski definition) is 4. The van der Waals surface area contributed by atoms with Crippen molar-refractivity contribution in [1.29, 1.82) is 0 Å². The molecule has 0 saturated carbocycles. The third-order valence-corrected chi connectivity index (χ3v) is 7.08. The van der Waals surface area contributed by atoms with E-state index >= 15 is 0 Å². The van der Waals surface area contributed by atoms with Crippen molar-refractivity contribution in [3.8, 4) is 0 Å². The van der Waals surface area contributed by atoms with E-state index in [1.165, 1.54) is 0 Å². The van der Waals surface area contributed by atoms with Crippen LogP contribution in [-0.4, -0.2) is 39.7 Å². The molecule has 9 nitrogen and oxygen atoms in total. The first kappa shape index (κ1) is 28.4. The topological polar surface area (TPSA) is 150 Å². The zero-order valence-corrected chi connectivity index (χ0v) is 22.5. The van der Waals surface area contributed by atoms with E-state index < -0.39 is 29.2 Å². The van der Waals surface area contributed by atoms with Gasteiger partial charge in [-0.15, -0.1) is 0 Å². The number of anilines is 2. The summed E-state index contributed by atoms with van der Waals surface area (Å²) in [6.07, 6.45) is 3.35. The molecule has 43 heavy (non-hydrogen) atoms. The number of aliphatic carboxylic acids is 2. The lowest BCUT2D eigenvalue weighted by Crippen LogP contribution is -2.38. The quantitative estimate of drug-likeness (QED) is 0.196. The van der Waals surface area contributed by atoms with E-state index in [9.17, 15) is 24.0 Å². The van der Waals surface area contributed by atoms with Crippen molar-refractivity contribution in [3.63, 3.8) is 0 Å². The Bertz CT molecular complexity index is 1690. The molecule has 0 fully saturated rings. The number of hydrogen-bond acceptors (Lipinski definition) is 5. The molecule has 2 amide bonds. The van der Waals surface area contributed by atoms with Crippen LogP contribution in [0.4, 0.5) is 11.4 Å². The monoisotopic (exact) mass is 572 g/mol. The first-order valence-corrected chi connectivity index (χ1v) is 13.1. The van der Waals surface area contributed by atoms with Crippen molar-refractivity contribution in [1.82, 2.24) is 0 Å². The largest absolute Gasteiger partial charge is 0.478 e. The van der Waals surface area contributed by atoms with Gasteiger partial charge in [-0.1, -0.05) is 72.8 Å². The first-order chi connectivity index (χ1) is 20.7. The average molecular weight is 573 g/mol. The van der Waals surface area contributed by atoms with E-state index in [0.717, 1.165) is 46.6 Å². The minimum absolute atomic E-state index is 0.106. The molecule has 0 heterocycles. The van der Waals surface area contributed by atoms with E-state index in [1.807, 2.05) is 60.7 Å². The van der Waals surface area contributed by atoms with Crippen LogP contribution in [0.15, 0.2) is 121 Å². The fourth-order valence-electron chi connectivity index (χ4n) is 5.36. The number of carboxylic acids is 2. The maximum Gasteiger partial charge on any atom is 0.328 e. The number of fused-ring (bicyclic) bond motifs is 2. The summed E-state index contributed by atoms with van der Waals surface area (Å²) < 4.78 is 0. The van der Waals surface area contributed by atoms with Crippen molar-refractivity contribution >= 4 is 40.9 Å². The zero-order chi connectivity index (χ0) is 30.6. The van der Waals surface area contributed by atoms with Gasteiger partial charge in [-0.3, -0.25) is 14.4 Å². The van der Waals surface area contributed by atoms with Crippen molar-refractivity contribution in [2.24, 2.45) is 0 Å². The molecule has 0 aliphatic heterocycles. The van der Waals surface area contributed by atoms with Crippen LogP contribution in [-0.2, 0) is 24.6 Å². The second-order valence-corrected chi connectivity index (χ2v) is 9.65. The Morgan fingerprint density at radius 3 is 1.28 bits per heavy atom. The summed E-state index contributed by atoms with van der Waals surface area (Å²) in [6, 6.07) is 28.9. The second kappa shape index (κ2) is 11.8. The number of carbonyl (C=O) groups excluding carboxylic acids is 3. The molecular formula is C34H24N2O7. The van der Waals surface area contributed by atoms with Gasteiger partial charge in [0.05, 0.1) is 5.41 Å². The molecule has 0 radical (unpaired) electrons. The van der Waals surface area contributed by atoms with Crippen LogP contribution in [0, 0.1) is 0 Å². The first-order valence-electron chi connectivity index (χ1n) is 13.1. The highest BCUT2D eigenvalue weighted by Crippen LogP contribution is 2.51. The highest BCUT2D eigenvalue weighted by molar-refractivity contribution is 6.14. The number of carbonyl (C=O) groups is 5. The summed E-state index contributed by atoms with van der Waals surface area (Å²) in [7, 11) is 0. The van der Waals surface area contributed by atoms with Gasteiger partial charge in [-0.05, 0) is 46.5 Å². The third kappa shape index (κ3) is 5.59. The molecule has 0 bridgehead atoms. The molecule has 5 rings (SSSR count). The van der Waals surface area contributed by atoms with Crippen LogP contribution in [0.1, 0.15) is 38.2 Å². The molecular weight excluding hydrogens is 548 g/mol. The summed E-state index contributed by atoms with van der Waals surface area (Å²) in [5.74, 6) is -3.78. The summed E-state index contributed by atoms with van der Waals surface area (Å²) >= 11 is 0. The molecule has 0 saturated heterocycles. The van der Waals surface area contributed by atoms with Crippen molar-refractivity contribution in [3.05, 3.63) is 155 Å². The highest BCUT2D eigenvalue weighted by Gasteiger charge is 2.46. The Balaban J connectivity index is 1.65. The normalized spacial score (nSPS) is 13.3. The van der Waals surface area contributed by atoms with Crippen LogP contribution < -0.4 is 10.6 Å². The molecule has 4 N–H and O–H groups in total. The number of rotatable bonds is 8. The number of benzene rings is 4. The molecule has 4 aromatic rings. The molecule has 0 aromatic heterocycles. The predicted molar refractivity (Wildman–Crippen MR) is 159 cm³/mol. The minimum atomic E-state index is -1.24. The fourth-order valence-corrected chi connectivity index (χ4v) is 5.36. The number of carboxylic acid groups (broad SMARTS) is 2. The van der Waals surface area contributed by atoms with Gasteiger partial charge in [-0.2, -0.15) is 0 Å². The molecule has 0 unspecified atom stereocenters. The summed E-state index contributed by atoms with van der Waals surface area (Å²) in [4.78, 5) is 59.5. The summed E-state index contributed by atoms with van der Waals surface area (Å²) in [5, 5.41) is 22.9. The van der Waals surface area contributed by atoms with Gasteiger partial charge < -0.3 is 20.8 Å². The maximum absolute atomic E-state index is 13.6. The Kier molecular flexibility index (Phi) is 7.80. The third-order valence-electron chi connectivity index (χ3n) is 7.08. The van der Waals surface area contributed by atoms with Crippen LogP contribution in [0.2, 0.25) is 0 Å². The van der Waals surface area contributed by atoms with Crippen LogP contribution >= 0.6 is 0 Å². The standard InChI is InChI=1S/C34H24N2O7/c37-29(17-19-31(39)40)35-23-13-9-21(10-14-23)34(22-11-15-24(16-12-22)36-30(38)18-20-32(41)42)27-7-3-1-5-25(27)33(43)26-6-2-4-8-28(26)34/h1-20H,(H,35,37)(H,36,38)(H,39,40)(H,41,42)/b19-17+,20-18+. The second-order valence-electron chi connectivity index (χ2n) is 9.65. The molecule has 1 aliphatic carbocycles. The molecule has 1 aliphatic rings. The van der Waals surface area contributed by atoms with Crippen LogP contribution in [0.25, 0.3) is 0 Å². The summed E-state index contributed by atoms with van der Waals surface area (Å²) in [5.41, 5.74) is 4.07. The van der Waals surface area contributed by atoms with Crippen molar-refractivity contribution in [2.45, 2.75) is 5.41 Å². The Morgan fingerprint density at radius 1 is 0.535 bits per heavy atom. The average Bonchev–Trinajstić information content (AvgIpc) is 3.01. The van der Waals surface area contributed by atoms with Gasteiger partial charge in [0.2, 0.25) is 11.8 Å². The van der Waals surface area contributed by atoms with Gasteiger partial charge >= 0.3 is 11.9 Å². The van der Waals surface area contributed by atoms with E-state index in [0.29, 0.717) is 22.5 Å². The Morgan fingerprint density at radius 2 is 0.907 bits per heavy atom. The van der Waals surface area contributed by atoms with E-state index in [4.69, 9.17) is 10.2 Å². The number of amides is 2. The SMILES string of the molecule is O=C(O)/C=C/C(=O)Nc1ccc(C2(c3ccc(NC(=O)/C=C/C(=O)O)cc3)c3ccccc3C(=O)c3ccccc32)cc1. The van der Waals surface area contributed by atoms with Crippen LogP contribution in [0.3, 0.4) is 0 Å². The van der Waals surface area contributed by atoms with Gasteiger partial charge in [0.25, 0.3) is 0 Å². The van der Waals surface area contributed by atoms with Crippen molar-refractivity contribution < 1.29 is 34.2 Å². The van der Waals surface area contributed by atoms with Gasteiger partial charge in [-0.25, -0.2) is 9.59 Å². The molecule has 0 atom stereocenters. The maximum atomic E-state index is 13.6. The van der Waals surface area contributed by atoms with Gasteiger partial charge in [0.1, 0.15) is 0 Å². The lowest BCUT2D eigenvalue weighted by molar-refractivity contribution is -0.132. The van der Waals surface area contributed by atoms with E-state index in [-0.39, 0.29) is 5.78 Å². The molecule has 4 aromatic carbocycles. The number of nitrogens with one attached hydrogen (secondary N) is 2. The fraction of sp³-hybridized carbons (Fsp3) is 0.0294. The zero-order valence-electron chi connectivity index (χ0n) is 22.5. The predicted octanol–water partition coefficient (Wildman–Crippen LogP) is 4.77. The van der Waals surface area contributed by atoms with E-state index in [2.05, 4.69) is 10.6 Å².